The molecule has 2 aromatic carbocycles. The monoisotopic (exact) mass is 277 g/mol. The predicted molar refractivity (Wildman–Crippen MR) is 78.0 cm³/mol. The molecule has 0 aliphatic heterocycles. The minimum Gasteiger partial charge on any atom is -0.324 e. The van der Waals surface area contributed by atoms with E-state index in [0.717, 1.165) is 21.7 Å². The largest absolute Gasteiger partial charge is 0.324 e. The van der Waals surface area contributed by atoms with E-state index in [2.05, 4.69) is 0 Å². The van der Waals surface area contributed by atoms with Gasteiger partial charge in [0.05, 0.1) is 0 Å². The van der Waals surface area contributed by atoms with Gasteiger partial charge in [0, 0.05) is 11.1 Å². The number of aryl methyl sites for hydroxylation is 2. The molecule has 0 fully saturated rings. The Morgan fingerprint density at radius 2 is 1.89 bits per heavy atom. The molecular weight excluding hydrogens is 261 g/mol. The molecule has 0 aliphatic rings. The maximum atomic E-state index is 13.2. The van der Waals surface area contributed by atoms with Crippen molar-refractivity contribution in [3.63, 3.8) is 0 Å². The molecule has 2 aromatic rings. The standard InChI is InChI=1S/C16H17ClFN/c1-10-3-4-12(14(17)7-10)9-16(19)13-5-6-15(18)11(2)8-13/h3-8,16H,9,19H2,1-2H3. The molecule has 2 N–H and O–H groups in total. The van der Waals surface area contributed by atoms with E-state index < -0.39 is 0 Å². The molecule has 0 saturated carbocycles. The van der Waals surface area contributed by atoms with E-state index in [-0.39, 0.29) is 11.9 Å². The fourth-order valence-corrected chi connectivity index (χ4v) is 2.38. The van der Waals surface area contributed by atoms with Crippen molar-refractivity contribution in [2.75, 3.05) is 0 Å². The quantitative estimate of drug-likeness (QED) is 0.887. The number of nitrogens with two attached hydrogens (primary N) is 1. The summed E-state index contributed by atoms with van der Waals surface area (Å²) in [4.78, 5) is 0. The number of hydrogen-bond donors (Lipinski definition) is 1. The average Bonchev–Trinajstić information content (AvgIpc) is 2.36. The molecule has 0 saturated heterocycles. The zero-order valence-corrected chi connectivity index (χ0v) is 11.8. The molecule has 0 aliphatic carbocycles. The van der Waals surface area contributed by atoms with Gasteiger partial charge in [0.2, 0.25) is 0 Å². The maximum absolute atomic E-state index is 13.2. The zero-order chi connectivity index (χ0) is 14.0. The van der Waals surface area contributed by atoms with Crippen LogP contribution in [0.25, 0.3) is 0 Å². The Morgan fingerprint density at radius 1 is 1.16 bits per heavy atom. The summed E-state index contributed by atoms with van der Waals surface area (Å²) < 4.78 is 13.2. The van der Waals surface area contributed by atoms with Gasteiger partial charge < -0.3 is 5.73 Å². The van der Waals surface area contributed by atoms with Crippen LogP contribution in [0.4, 0.5) is 4.39 Å². The molecule has 0 aromatic heterocycles. The van der Waals surface area contributed by atoms with Crippen LogP contribution in [0.15, 0.2) is 36.4 Å². The van der Waals surface area contributed by atoms with E-state index in [9.17, 15) is 4.39 Å². The van der Waals surface area contributed by atoms with Crippen molar-refractivity contribution in [3.8, 4) is 0 Å². The van der Waals surface area contributed by atoms with Crippen molar-refractivity contribution >= 4 is 11.6 Å². The predicted octanol–water partition coefficient (Wildman–Crippen LogP) is 4.34. The fraction of sp³-hybridized carbons (Fsp3) is 0.250. The van der Waals surface area contributed by atoms with Crippen LogP contribution in [-0.4, -0.2) is 0 Å². The second-order valence-electron chi connectivity index (χ2n) is 4.91. The topological polar surface area (TPSA) is 26.0 Å². The summed E-state index contributed by atoms with van der Waals surface area (Å²) >= 11 is 6.20. The first-order valence-corrected chi connectivity index (χ1v) is 6.62. The van der Waals surface area contributed by atoms with Crippen molar-refractivity contribution in [3.05, 3.63) is 69.5 Å². The first-order chi connectivity index (χ1) is 8.97. The highest BCUT2D eigenvalue weighted by Gasteiger charge is 2.11. The van der Waals surface area contributed by atoms with Gasteiger partial charge in [0.25, 0.3) is 0 Å². The SMILES string of the molecule is Cc1ccc(CC(N)c2ccc(F)c(C)c2)c(Cl)c1. The van der Waals surface area contributed by atoms with Gasteiger partial charge in [-0.2, -0.15) is 0 Å². The third kappa shape index (κ3) is 3.34. The summed E-state index contributed by atoms with van der Waals surface area (Å²) in [7, 11) is 0. The third-order valence-electron chi connectivity index (χ3n) is 3.26. The Morgan fingerprint density at radius 3 is 2.53 bits per heavy atom. The first kappa shape index (κ1) is 14.0. The average molecular weight is 278 g/mol. The van der Waals surface area contributed by atoms with Gasteiger partial charge >= 0.3 is 0 Å². The molecule has 0 radical (unpaired) electrons. The van der Waals surface area contributed by atoms with Crippen molar-refractivity contribution in [2.24, 2.45) is 5.73 Å². The smallest absolute Gasteiger partial charge is 0.126 e. The minimum absolute atomic E-state index is 0.181. The van der Waals surface area contributed by atoms with E-state index >= 15 is 0 Å². The lowest BCUT2D eigenvalue weighted by molar-refractivity contribution is 0.615. The van der Waals surface area contributed by atoms with E-state index in [1.165, 1.54) is 6.07 Å². The van der Waals surface area contributed by atoms with Gasteiger partial charge in [-0.3, -0.25) is 0 Å². The molecule has 1 nitrogen and oxygen atoms in total. The number of rotatable bonds is 3. The fourth-order valence-electron chi connectivity index (χ4n) is 2.07. The molecule has 100 valence electrons. The number of halogens is 2. The lowest BCUT2D eigenvalue weighted by Crippen LogP contribution is -2.14. The van der Waals surface area contributed by atoms with Gasteiger partial charge in [-0.05, 0) is 54.7 Å². The van der Waals surface area contributed by atoms with Crippen molar-refractivity contribution in [1.29, 1.82) is 0 Å². The zero-order valence-electron chi connectivity index (χ0n) is 11.1. The van der Waals surface area contributed by atoms with Crippen LogP contribution in [-0.2, 0) is 6.42 Å². The molecule has 0 bridgehead atoms. The van der Waals surface area contributed by atoms with E-state index in [0.29, 0.717) is 12.0 Å². The van der Waals surface area contributed by atoms with Crippen molar-refractivity contribution in [2.45, 2.75) is 26.3 Å². The Bertz CT molecular complexity index is 595. The summed E-state index contributed by atoms with van der Waals surface area (Å²) in [6.45, 7) is 3.74. The molecular formula is C16H17ClFN. The van der Waals surface area contributed by atoms with Gasteiger partial charge in [0.15, 0.2) is 0 Å². The Balaban J connectivity index is 2.20. The number of benzene rings is 2. The molecule has 0 amide bonds. The summed E-state index contributed by atoms with van der Waals surface area (Å²) in [5, 5.41) is 0.731. The normalized spacial score (nSPS) is 12.5. The first-order valence-electron chi connectivity index (χ1n) is 6.24. The highest BCUT2D eigenvalue weighted by Crippen LogP contribution is 2.24. The second-order valence-corrected chi connectivity index (χ2v) is 5.32. The van der Waals surface area contributed by atoms with E-state index in [1.807, 2.05) is 25.1 Å². The van der Waals surface area contributed by atoms with E-state index in [4.69, 9.17) is 17.3 Å². The Hall–Kier alpha value is -1.38. The highest BCUT2D eigenvalue weighted by molar-refractivity contribution is 6.31. The van der Waals surface area contributed by atoms with E-state index in [1.54, 1.807) is 19.1 Å². The van der Waals surface area contributed by atoms with Crippen LogP contribution in [0.2, 0.25) is 5.02 Å². The van der Waals surface area contributed by atoms with Crippen molar-refractivity contribution < 1.29 is 4.39 Å². The molecule has 3 heteroatoms. The second kappa shape index (κ2) is 5.72. The maximum Gasteiger partial charge on any atom is 0.126 e. The summed E-state index contributed by atoms with van der Waals surface area (Å²) in [6.07, 6.45) is 0.643. The minimum atomic E-state index is -0.204. The Labute approximate surface area is 118 Å². The van der Waals surface area contributed by atoms with Crippen LogP contribution < -0.4 is 5.73 Å². The lowest BCUT2D eigenvalue weighted by atomic mass is 9.97. The number of hydrogen-bond acceptors (Lipinski definition) is 1. The highest BCUT2D eigenvalue weighted by atomic mass is 35.5. The van der Waals surface area contributed by atoms with Crippen molar-refractivity contribution in [1.82, 2.24) is 0 Å². The molecule has 2 rings (SSSR count). The molecule has 1 atom stereocenters. The molecule has 19 heavy (non-hydrogen) atoms. The van der Waals surface area contributed by atoms with Crippen LogP contribution >= 0.6 is 11.6 Å². The lowest BCUT2D eigenvalue weighted by Gasteiger charge is -2.14. The van der Waals surface area contributed by atoms with Gasteiger partial charge in [-0.15, -0.1) is 0 Å². The molecule has 0 heterocycles. The van der Waals surface area contributed by atoms with Gasteiger partial charge in [0.1, 0.15) is 5.82 Å². The van der Waals surface area contributed by atoms with Gasteiger partial charge in [-0.25, -0.2) is 4.39 Å². The molecule has 0 spiro atoms. The van der Waals surface area contributed by atoms with Crippen LogP contribution in [0, 0.1) is 19.7 Å². The molecule has 1 unspecified atom stereocenters. The van der Waals surface area contributed by atoms with Gasteiger partial charge in [-0.1, -0.05) is 35.9 Å². The third-order valence-corrected chi connectivity index (χ3v) is 3.61. The summed E-state index contributed by atoms with van der Waals surface area (Å²) in [6, 6.07) is 10.7. The Kier molecular flexibility index (Phi) is 4.23. The van der Waals surface area contributed by atoms with Crippen LogP contribution in [0.1, 0.15) is 28.3 Å². The van der Waals surface area contributed by atoms with Crippen LogP contribution in [0.5, 0.6) is 0 Å². The summed E-state index contributed by atoms with van der Waals surface area (Å²) in [5.74, 6) is -0.204. The summed E-state index contributed by atoms with van der Waals surface area (Å²) in [5.41, 5.74) is 9.85. The van der Waals surface area contributed by atoms with Crippen LogP contribution in [0.3, 0.4) is 0 Å².